The molecular formula is C15H17ClFNO. The van der Waals surface area contributed by atoms with E-state index in [2.05, 4.69) is 5.32 Å². The third-order valence-electron chi connectivity index (χ3n) is 3.04. The average Bonchev–Trinajstić information content (AvgIpc) is 2.78. The van der Waals surface area contributed by atoms with Crippen molar-refractivity contribution in [1.82, 2.24) is 5.32 Å². The Hall–Kier alpha value is -1.32. The van der Waals surface area contributed by atoms with Crippen molar-refractivity contribution in [2.75, 3.05) is 6.54 Å². The molecule has 0 aliphatic heterocycles. The lowest BCUT2D eigenvalue weighted by atomic mass is 10.0. The monoisotopic (exact) mass is 281 g/mol. The van der Waals surface area contributed by atoms with E-state index in [1.807, 2.05) is 26.0 Å². The van der Waals surface area contributed by atoms with E-state index in [-0.39, 0.29) is 11.9 Å². The number of hydrogen-bond donors (Lipinski definition) is 1. The number of nitrogens with one attached hydrogen (secondary N) is 1. The van der Waals surface area contributed by atoms with Gasteiger partial charge in [-0.15, -0.1) is 0 Å². The molecule has 1 N–H and O–H groups in total. The van der Waals surface area contributed by atoms with Crippen molar-refractivity contribution in [3.05, 3.63) is 57.8 Å². The lowest BCUT2D eigenvalue weighted by Gasteiger charge is -2.18. The van der Waals surface area contributed by atoms with Crippen molar-refractivity contribution in [2.45, 2.75) is 26.8 Å². The first-order chi connectivity index (χ1) is 9.02. The quantitative estimate of drug-likeness (QED) is 0.899. The van der Waals surface area contributed by atoms with Crippen molar-refractivity contribution < 1.29 is 8.81 Å². The Morgan fingerprint density at radius 1 is 1.32 bits per heavy atom. The molecule has 1 aromatic carbocycles. The number of halogens is 2. The Morgan fingerprint density at radius 2 is 2.05 bits per heavy atom. The highest BCUT2D eigenvalue weighted by Gasteiger charge is 2.20. The minimum atomic E-state index is -0.292. The number of rotatable bonds is 4. The zero-order valence-electron chi connectivity index (χ0n) is 11.3. The van der Waals surface area contributed by atoms with Gasteiger partial charge in [0.15, 0.2) is 0 Å². The third kappa shape index (κ3) is 2.99. The molecule has 2 nitrogen and oxygen atoms in total. The van der Waals surface area contributed by atoms with Gasteiger partial charge >= 0.3 is 0 Å². The van der Waals surface area contributed by atoms with E-state index in [0.29, 0.717) is 10.6 Å². The van der Waals surface area contributed by atoms with E-state index in [9.17, 15) is 4.39 Å². The van der Waals surface area contributed by atoms with Gasteiger partial charge in [0.25, 0.3) is 0 Å². The summed E-state index contributed by atoms with van der Waals surface area (Å²) in [6, 6.07) is 6.78. The van der Waals surface area contributed by atoms with Crippen molar-refractivity contribution in [3.63, 3.8) is 0 Å². The highest BCUT2D eigenvalue weighted by Crippen LogP contribution is 2.31. The second-order valence-corrected chi connectivity index (χ2v) is 4.97. The van der Waals surface area contributed by atoms with Crippen LogP contribution in [0.1, 0.15) is 35.6 Å². The van der Waals surface area contributed by atoms with Crippen LogP contribution in [0.15, 0.2) is 28.7 Å². The number of furan rings is 1. The summed E-state index contributed by atoms with van der Waals surface area (Å²) in [5.74, 6) is 1.33. The highest BCUT2D eigenvalue weighted by atomic mass is 35.5. The first-order valence-corrected chi connectivity index (χ1v) is 6.66. The molecule has 2 aromatic rings. The van der Waals surface area contributed by atoms with Crippen LogP contribution in [0, 0.1) is 19.7 Å². The molecule has 0 saturated heterocycles. The Morgan fingerprint density at radius 3 is 2.63 bits per heavy atom. The summed E-state index contributed by atoms with van der Waals surface area (Å²) in [5.41, 5.74) is 1.40. The van der Waals surface area contributed by atoms with Crippen LogP contribution >= 0.6 is 11.6 Å². The predicted octanol–water partition coefficient (Wildman–Crippen LogP) is 4.39. The first-order valence-electron chi connectivity index (χ1n) is 6.28. The van der Waals surface area contributed by atoms with E-state index in [1.165, 1.54) is 6.07 Å². The first kappa shape index (κ1) is 14.1. The molecule has 2 rings (SSSR count). The molecule has 102 valence electrons. The molecule has 0 amide bonds. The van der Waals surface area contributed by atoms with E-state index >= 15 is 0 Å². The lowest BCUT2D eigenvalue weighted by Crippen LogP contribution is -2.22. The lowest BCUT2D eigenvalue weighted by molar-refractivity contribution is 0.434. The number of aryl methyl sites for hydroxylation is 2. The molecule has 4 heteroatoms. The maximum absolute atomic E-state index is 13.5. The highest BCUT2D eigenvalue weighted by molar-refractivity contribution is 6.31. The number of benzene rings is 1. The molecule has 0 radical (unpaired) electrons. The van der Waals surface area contributed by atoms with Gasteiger partial charge in [0.1, 0.15) is 17.3 Å². The minimum Gasteiger partial charge on any atom is -0.464 e. The van der Waals surface area contributed by atoms with E-state index < -0.39 is 0 Å². The third-order valence-corrected chi connectivity index (χ3v) is 3.37. The molecule has 1 heterocycles. The summed E-state index contributed by atoms with van der Waals surface area (Å²) < 4.78 is 19.1. The van der Waals surface area contributed by atoms with Crippen LogP contribution in [0.4, 0.5) is 4.39 Å². The minimum absolute atomic E-state index is 0.162. The maximum atomic E-state index is 13.5. The molecule has 0 spiro atoms. The van der Waals surface area contributed by atoms with Crippen LogP contribution in [0.5, 0.6) is 0 Å². The largest absolute Gasteiger partial charge is 0.464 e. The summed E-state index contributed by atoms with van der Waals surface area (Å²) >= 11 is 6.17. The van der Waals surface area contributed by atoms with E-state index in [0.717, 1.165) is 23.6 Å². The summed E-state index contributed by atoms with van der Waals surface area (Å²) in [6.07, 6.45) is 0. The zero-order valence-corrected chi connectivity index (χ0v) is 12.0. The molecular weight excluding hydrogens is 265 g/mol. The Bertz CT molecular complexity index is 580. The summed E-state index contributed by atoms with van der Waals surface area (Å²) in [7, 11) is 0. The normalized spacial score (nSPS) is 12.7. The fourth-order valence-corrected chi connectivity index (χ4v) is 2.34. The SMILES string of the molecule is CCNC(c1ccc(C)o1)c1cc(C)c(F)cc1Cl. The second-order valence-electron chi connectivity index (χ2n) is 4.56. The van der Waals surface area contributed by atoms with Crippen LogP contribution < -0.4 is 5.32 Å². The standard InChI is InChI=1S/C15H17ClFNO/c1-4-18-15(14-6-5-10(3)19-14)11-7-9(2)13(17)8-12(11)16/h5-8,15,18H,4H2,1-3H3. The molecule has 0 saturated carbocycles. The molecule has 0 fully saturated rings. The Labute approximate surface area is 117 Å². The Kier molecular flexibility index (Phi) is 4.27. The van der Waals surface area contributed by atoms with Crippen molar-refractivity contribution in [3.8, 4) is 0 Å². The number of hydrogen-bond acceptors (Lipinski definition) is 2. The van der Waals surface area contributed by atoms with Gasteiger partial charge in [-0.3, -0.25) is 0 Å². The average molecular weight is 282 g/mol. The van der Waals surface area contributed by atoms with Crippen molar-refractivity contribution >= 4 is 11.6 Å². The molecule has 0 aliphatic rings. The van der Waals surface area contributed by atoms with Crippen LogP contribution in [0.25, 0.3) is 0 Å². The summed E-state index contributed by atoms with van der Waals surface area (Å²) in [6.45, 7) is 6.39. The maximum Gasteiger partial charge on any atom is 0.127 e. The van der Waals surface area contributed by atoms with Crippen LogP contribution in [-0.2, 0) is 0 Å². The van der Waals surface area contributed by atoms with Gasteiger partial charge in [-0.25, -0.2) is 4.39 Å². The van der Waals surface area contributed by atoms with Gasteiger partial charge in [0.05, 0.1) is 6.04 Å². The molecule has 0 bridgehead atoms. The predicted molar refractivity (Wildman–Crippen MR) is 75.1 cm³/mol. The molecule has 1 unspecified atom stereocenters. The zero-order chi connectivity index (χ0) is 14.0. The van der Waals surface area contributed by atoms with Crippen LogP contribution in [0.3, 0.4) is 0 Å². The molecule has 1 aromatic heterocycles. The summed E-state index contributed by atoms with van der Waals surface area (Å²) in [4.78, 5) is 0. The van der Waals surface area contributed by atoms with Crippen LogP contribution in [0.2, 0.25) is 5.02 Å². The van der Waals surface area contributed by atoms with Crippen molar-refractivity contribution in [1.29, 1.82) is 0 Å². The topological polar surface area (TPSA) is 25.2 Å². The van der Waals surface area contributed by atoms with E-state index in [4.69, 9.17) is 16.0 Å². The van der Waals surface area contributed by atoms with Gasteiger partial charge in [-0.2, -0.15) is 0 Å². The Balaban J connectivity index is 2.47. The fourth-order valence-electron chi connectivity index (χ4n) is 2.08. The van der Waals surface area contributed by atoms with Gasteiger partial charge in [0.2, 0.25) is 0 Å². The van der Waals surface area contributed by atoms with Gasteiger partial charge in [-0.1, -0.05) is 18.5 Å². The molecule has 1 atom stereocenters. The van der Waals surface area contributed by atoms with Gasteiger partial charge in [0, 0.05) is 5.02 Å². The molecule has 19 heavy (non-hydrogen) atoms. The van der Waals surface area contributed by atoms with Gasteiger partial charge < -0.3 is 9.73 Å². The van der Waals surface area contributed by atoms with Crippen molar-refractivity contribution in [2.24, 2.45) is 0 Å². The summed E-state index contributed by atoms with van der Waals surface area (Å²) in [5, 5.41) is 3.72. The second kappa shape index (κ2) is 5.76. The van der Waals surface area contributed by atoms with Crippen LogP contribution in [-0.4, -0.2) is 6.54 Å². The molecule has 0 aliphatic carbocycles. The smallest absolute Gasteiger partial charge is 0.127 e. The van der Waals surface area contributed by atoms with Gasteiger partial charge in [-0.05, 0) is 55.8 Å². The van der Waals surface area contributed by atoms with E-state index in [1.54, 1.807) is 13.0 Å². The fraction of sp³-hybridized carbons (Fsp3) is 0.333.